The fourth-order valence-corrected chi connectivity index (χ4v) is 3.41. The van der Waals surface area contributed by atoms with Gasteiger partial charge in [-0.05, 0) is 68.3 Å². The van der Waals surface area contributed by atoms with E-state index in [9.17, 15) is 0 Å². The van der Waals surface area contributed by atoms with Crippen molar-refractivity contribution in [1.82, 2.24) is 10.2 Å². The Hall–Kier alpha value is 0.1000. The van der Waals surface area contributed by atoms with E-state index in [2.05, 4.69) is 74.1 Å². The molecule has 1 aliphatic rings. The molecule has 0 saturated carbocycles. The molecule has 0 unspecified atom stereocenters. The Morgan fingerprint density at radius 2 is 1.80 bits per heavy atom. The van der Waals surface area contributed by atoms with Crippen LogP contribution in [-0.4, -0.2) is 31.1 Å². The van der Waals surface area contributed by atoms with Crippen LogP contribution in [0.25, 0.3) is 0 Å². The maximum Gasteiger partial charge on any atom is 0.0349 e. The largest absolute Gasteiger partial charge is 0.314 e. The second kappa shape index (κ2) is 7.92. The predicted octanol–water partition coefficient (Wildman–Crippen LogP) is 4.59. The number of piperazine rings is 1. The SMILES string of the molecule is CC(C)CC[C@H](c1ccc(Br)c(Br)c1)N1CCNCC1. The molecule has 1 fully saturated rings. The van der Waals surface area contributed by atoms with Crippen molar-refractivity contribution in [2.45, 2.75) is 32.7 Å². The van der Waals surface area contributed by atoms with E-state index in [0.717, 1.165) is 41.0 Å². The van der Waals surface area contributed by atoms with Crippen molar-refractivity contribution >= 4 is 31.9 Å². The van der Waals surface area contributed by atoms with E-state index in [-0.39, 0.29) is 0 Å². The van der Waals surface area contributed by atoms with Gasteiger partial charge in [0, 0.05) is 41.2 Å². The number of nitrogens with zero attached hydrogens (tertiary/aromatic N) is 1. The molecule has 1 aromatic carbocycles. The fraction of sp³-hybridized carbons (Fsp3) is 0.625. The highest BCUT2D eigenvalue weighted by Crippen LogP contribution is 2.32. The molecule has 1 aliphatic heterocycles. The number of halogens is 2. The summed E-state index contributed by atoms with van der Waals surface area (Å²) in [4.78, 5) is 2.63. The van der Waals surface area contributed by atoms with Gasteiger partial charge in [-0.1, -0.05) is 19.9 Å². The third-order valence-electron chi connectivity index (χ3n) is 3.94. The van der Waals surface area contributed by atoms with Gasteiger partial charge in [-0.15, -0.1) is 0 Å². The molecule has 0 aliphatic carbocycles. The normalized spacial score (nSPS) is 18.4. The zero-order valence-corrected chi connectivity index (χ0v) is 15.5. The van der Waals surface area contributed by atoms with Crippen LogP contribution in [0.5, 0.6) is 0 Å². The highest BCUT2D eigenvalue weighted by atomic mass is 79.9. The molecule has 1 aromatic rings. The number of rotatable bonds is 5. The molecular formula is C16H24Br2N2. The first-order chi connectivity index (χ1) is 9.58. The fourth-order valence-electron chi connectivity index (χ4n) is 2.76. The van der Waals surface area contributed by atoms with Crippen molar-refractivity contribution in [3.05, 3.63) is 32.7 Å². The summed E-state index contributed by atoms with van der Waals surface area (Å²) in [5, 5.41) is 3.45. The van der Waals surface area contributed by atoms with Gasteiger partial charge < -0.3 is 5.32 Å². The van der Waals surface area contributed by atoms with Gasteiger partial charge in [-0.3, -0.25) is 4.90 Å². The minimum Gasteiger partial charge on any atom is -0.314 e. The lowest BCUT2D eigenvalue weighted by Crippen LogP contribution is -2.45. The zero-order chi connectivity index (χ0) is 14.5. The van der Waals surface area contributed by atoms with Crippen LogP contribution in [0, 0.1) is 5.92 Å². The number of hydrogen-bond donors (Lipinski definition) is 1. The molecule has 1 N–H and O–H groups in total. The molecule has 20 heavy (non-hydrogen) atoms. The molecule has 0 radical (unpaired) electrons. The van der Waals surface area contributed by atoms with Gasteiger partial charge in [-0.2, -0.15) is 0 Å². The minimum atomic E-state index is 0.545. The number of benzene rings is 1. The van der Waals surface area contributed by atoms with Gasteiger partial charge in [0.1, 0.15) is 0 Å². The van der Waals surface area contributed by atoms with Gasteiger partial charge >= 0.3 is 0 Å². The third kappa shape index (κ3) is 4.55. The first kappa shape index (κ1) is 16.5. The molecule has 1 saturated heterocycles. The van der Waals surface area contributed by atoms with Crippen molar-refractivity contribution in [3.8, 4) is 0 Å². The van der Waals surface area contributed by atoms with Crippen LogP contribution < -0.4 is 5.32 Å². The highest BCUT2D eigenvalue weighted by molar-refractivity contribution is 9.13. The van der Waals surface area contributed by atoms with Crippen molar-refractivity contribution in [3.63, 3.8) is 0 Å². The summed E-state index contributed by atoms with van der Waals surface area (Å²) in [7, 11) is 0. The maximum absolute atomic E-state index is 3.64. The Morgan fingerprint density at radius 1 is 1.10 bits per heavy atom. The summed E-state index contributed by atoms with van der Waals surface area (Å²) in [6.07, 6.45) is 2.52. The van der Waals surface area contributed by atoms with E-state index in [1.54, 1.807) is 0 Å². The minimum absolute atomic E-state index is 0.545. The van der Waals surface area contributed by atoms with Gasteiger partial charge in [0.25, 0.3) is 0 Å². The molecule has 0 bridgehead atoms. The van der Waals surface area contributed by atoms with Crippen LogP contribution in [0.4, 0.5) is 0 Å². The summed E-state index contributed by atoms with van der Waals surface area (Å²) in [5.41, 5.74) is 1.43. The number of nitrogens with one attached hydrogen (secondary N) is 1. The molecule has 1 heterocycles. The lowest BCUT2D eigenvalue weighted by molar-refractivity contribution is 0.159. The van der Waals surface area contributed by atoms with Crippen molar-refractivity contribution in [2.24, 2.45) is 5.92 Å². The third-order valence-corrected chi connectivity index (χ3v) is 5.82. The average molecular weight is 404 g/mol. The molecule has 2 nitrogen and oxygen atoms in total. The van der Waals surface area contributed by atoms with Crippen LogP contribution in [0.2, 0.25) is 0 Å². The van der Waals surface area contributed by atoms with Gasteiger partial charge in [0.05, 0.1) is 0 Å². The molecule has 0 amide bonds. The van der Waals surface area contributed by atoms with E-state index in [1.165, 1.54) is 18.4 Å². The van der Waals surface area contributed by atoms with Crippen molar-refractivity contribution < 1.29 is 0 Å². The quantitative estimate of drug-likeness (QED) is 0.772. The summed E-state index contributed by atoms with van der Waals surface area (Å²) in [6.45, 7) is 9.14. The monoisotopic (exact) mass is 402 g/mol. The van der Waals surface area contributed by atoms with Gasteiger partial charge in [-0.25, -0.2) is 0 Å². The molecule has 0 spiro atoms. The van der Waals surface area contributed by atoms with Crippen LogP contribution in [-0.2, 0) is 0 Å². The summed E-state index contributed by atoms with van der Waals surface area (Å²) >= 11 is 7.21. The summed E-state index contributed by atoms with van der Waals surface area (Å²) < 4.78 is 2.28. The molecular weight excluding hydrogens is 380 g/mol. The molecule has 112 valence electrons. The Balaban J connectivity index is 2.17. The van der Waals surface area contributed by atoms with Crippen molar-refractivity contribution in [1.29, 1.82) is 0 Å². The van der Waals surface area contributed by atoms with Crippen LogP contribution in [0.3, 0.4) is 0 Å². The lowest BCUT2D eigenvalue weighted by atomic mass is 9.96. The van der Waals surface area contributed by atoms with Gasteiger partial charge in [0.15, 0.2) is 0 Å². The van der Waals surface area contributed by atoms with Gasteiger partial charge in [0.2, 0.25) is 0 Å². The van der Waals surface area contributed by atoms with Crippen LogP contribution in [0.15, 0.2) is 27.1 Å². The van der Waals surface area contributed by atoms with E-state index < -0.39 is 0 Å². The van der Waals surface area contributed by atoms with E-state index >= 15 is 0 Å². The van der Waals surface area contributed by atoms with Crippen LogP contribution in [0.1, 0.15) is 38.3 Å². The highest BCUT2D eigenvalue weighted by Gasteiger charge is 2.22. The van der Waals surface area contributed by atoms with E-state index in [0.29, 0.717) is 6.04 Å². The smallest absolute Gasteiger partial charge is 0.0349 e. The molecule has 4 heteroatoms. The van der Waals surface area contributed by atoms with E-state index in [1.807, 2.05) is 0 Å². The Bertz CT molecular complexity index is 428. The van der Waals surface area contributed by atoms with E-state index in [4.69, 9.17) is 0 Å². The second-order valence-corrected chi connectivity index (χ2v) is 7.66. The Kier molecular flexibility index (Phi) is 6.53. The Morgan fingerprint density at radius 3 is 2.40 bits per heavy atom. The predicted molar refractivity (Wildman–Crippen MR) is 93.1 cm³/mol. The average Bonchev–Trinajstić information content (AvgIpc) is 2.44. The standard InChI is InChI=1S/C16H24Br2N2/c1-12(2)3-6-16(20-9-7-19-8-10-20)13-4-5-14(17)15(18)11-13/h4-5,11-12,16,19H,3,6-10H2,1-2H3/t16-/m1/s1. The number of hydrogen-bond acceptors (Lipinski definition) is 2. The summed E-state index contributed by atoms with van der Waals surface area (Å²) in [6, 6.07) is 7.24. The van der Waals surface area contributed by atoms with Crippen LogP contribution >= 0.6 is 31.9 Å². The summed E-state index contributed by atoms with van der Waals surface area (Å²) in [5.74, 6) is 0.763. The van der Waals surface area contributed by atoms with Crippen molar-refractivity contribution in [2.75, 3.05) is 26.2 Å². The molecule has 2 rings (SSSR count). The topological polar surface area (TPSA) is 15.3 Å². The maximum atomic E-state index is 3.64. The zero-order valence-electron chi connectivity index (χ0n) is 12.3. The Labute approximate surface area is 139 Å². The molecule has 1 atom stereocenters. The first-order valence-electron chi connectivity index (χ1n) is 7.47. The second-order valence-electron chi connectivity index (χ2n) is 5.95. The molecule has 0 aromatic heterocycles. The first-order valence-corrected chi connectivity index (χ1v) is 9.06. The lowest BCUT2D eigenvalue weighted by Gasteiger charge is -2.36.